The van der Waals surface area contributed by atoms with Crippen molar-refractivity contribution < 1.29 is 0 Å². The van der Waals surface area contributed by atoms with Crippen molar-refractivity contribution in [3.63, 3.8) is 0 Å². The fourth-order valence-corrected chi connectivity index (χ4v) is 3.37. The lowest BCUT2D eigenvalue weighted by Crippen LogP contribution is -1.98. The van der Waals surface area contributed by atoms with Crippen molar-refractivity contribution in [2.24, 2.45) is 0 Å². The summed E-state index contributed by atoms with van der Waals surface area (Å²) < 4.78 is 1.77. The summed E-state index contributed by atoms with van der Waals surface area (Å²) in [5, 5.41) is 0. The molecule has 2 rings (SSSR count). The lowest BCUT2D eigenvalue weighted by Gasteiger charge is -2.05. The first-order chi connectivity index (χ1) is 9.17. The van der Waals surface area contributed by atoms with Gasteiger partial charge in [-0.25, -0.2) is 4.98 Å². The van der Waals surface area contributed by atoms with Gasteiger partial charge in [0, 0.05) is 15.1 Å². The Morgan fingerprint density at radius 1 is 1.37 bits per heavy atom. The van der Waals surface area contributed by atoms with E-state index in [1.165, 1.54) is 10.6 Å². The molecule has 0 aliphatic rings. The lowest BCUT2D eigenvalue weighted by molar-refractivity contribution is 0.850. The SMILES string of the molecule is CCCc1cc(=S)nc(CSc2cccc(Br)c2)[nH]1. The van der Waals surface area contributed by atoms with Gasteiger partial charge in [-0.1, -0.05) is 47.6 Å². The van der Waals surface area contributed by atoms with Gasteiger partial charge in [-0.2, -0.15) is 0 Å². The quantitative estimate of drug-likeness (QED) is 0.594. The van der Waals surface area contributed by atoms with Crippen molar-refractivity contribution in [1.82, 2.24) is 9.97 Å². The van der Waals surface area contributed by atoms with Crippen LogP contribution in [0.25, 0.3) is 0 Å². The Balaban J connectivity index is 2.09. The molecule has 1 heterocycles. The van der Waals surface area contributed by atoms with Gasteiger partial charge in [0.2, 0.25) is 0 Å². The molecule has 0 saturated carbocycles. The zero-order chi connectivity index (χ0) is 13.7. The van der Waals surface area contributed by atoms with Crippen LogP contribution in [0.3, 0.4) is 0 Å². The van der Waals surface area contributed by atoms with Crippen LogP contribution in [0.15, 0.2) is 39.7 Å². The number of rotatable bonds is 5. The molecule has 2 aromatic rings. The van der Waals surface area contributed by atoms with Gasteiger partial charge in [0.25, 0.3) is 0 Å². The first-order valence-corrected chi connectivity index (χ1v) is 8.33. The molecular formula is C14H15BrN2S2. The molecule has 1 aromatic heterocycles. The molecule has 0 bridgehead atoms. The molecule has 0 unspecified atom stereocenters. The van der Waals surface area contributed by atoms with E-state index >= 15 is 0 Å². The van der Waals surface area contributed by atoms with Crippen LogP contribution in [0.2, 0.25) is 0 Å². The number of thioether (sulfide) groups is 1. The third kappa shape index (κ3) is 4.75. The normalized spacial score (nSPS) is 10.6. The average Bonchev–Trinajstić information content (AvgIpc) is 2.36. The molecule has 19 heavy (non-hydrogen) atoms. The number of hydrogen-bond donors (Lipinski definition) is 1. The molecule has 1 aromatic carbocycles. The van der Waals surface area contributed by atoms with E-state index < -0.39 is 0 Å². The standard InChI is InChI=1S/C14H15BrN2S2/c1-2-4-11-8-14(18)17-13(16-11)9-19-12-6-3-5-10(15)7-12/h3,5-8H,2,4,9H2,1H3,(H,16,17,18). The van der Waals surface area contributed by atoms with Crippen LogP contribution in [0.4, 0.5) is 0 Å². The van der Waals surface area contributed by atoms with E-state index in [4.69, 9.17) is 12.2 Å². The smallest absolute Gasteiger partial charge is 0.130 e. The van der Waals surface area contributed by atoms with Crippen molar-refractivity contribution in [2.45, 2.75) is 30.4 Å². The summed E-state index contributed by atoms with van der Waals surface area (Å²) in [6.45, 7) is 2.16. The maximum Gasteiger partial charge on any atom is 0.130 e. The van der Waals surface area contributed by atoms with Gasteiger partial charge in [0.05, 0.1) is 5.75 Å². The van der Waals surface area contributed by atoms with E-state index in [2.05, 4.69) is 45.0 Å². The van der Waals surface area contributed by atoms with E-state index in [1.807, 2.05) is 18.2 Å². The Morgan fingerprint density at radius 2 is 2.21 bits per heavy atom. The number of nitrogens with one attached hydrogen (secondary N) is 1. The predicted octanol–water partition coefficient (Wildman–Crippen LogP) is 5.15. The first-order valence-electron chi connectivity index (χ1n) is 6.15. The molecule has 100 valence electrons. The highest BCUT2D eigenvalue weighted by Gasteiger charge is 2.01. The number of hydrogen-bond acceptors (Lipinski definition) is 3. The summed E-state index contributed by atoms with van der Waals surface area (Å²) in [5.41, 5.74) is 1.17. The molecule has 0 fully saturated rings. The number of halogens is 1. The molecule has 0 aliphatic carbocycles. The van der Waals surface area contributed by atoms with Crippen molar-refractivity contribution in [3.05, 3.63) is 51.0 Å². The van der Waals surface area contributed by atoms with Gasteiger partial charge < -0.3 is 4.98 Å². The maximum atomic E-state index is 5.21. The largest absolute Gasteiger partial charge is 0.346 e. The van der Waals surface area contributed by atoms with Gasteiger partial charge in [0.15, 0.2) is 0 Å². The molecule has 0 radical (unpaired) electrons. The number of aromatic nitrogens is 2. The summed E-state index contributed by atoms with van der Waals surface area (Å²) in [4.78, 5) is 8.96. The number of aromatic amines is 1. The van der Waals surface area contributed by atoms with Gasteiger partial charge in [0.1, 0.15) is 10.5 Å². The topological polar surface area (TPSA) is 28.7 Å². The van der Waals surface area contributed by atoms with Crippen LogP contribution in [0.5, 0.6) is 0 Å². The highest BCUT2D eigenvalue weighted by Crippen LogP contribution is 2.24. The lowest BCUT2D eigenvalue weighted by atomic mass is 10.2. The highest BCUT2D eigenvalue weighted by atomic mass is 79.9. The minimum atomic E-state index is 0.673. The first kappa shape index (κ1) is 14.8. The van der Waals surface area contributed by atoms with Gasteiger partial charge in [-0.05, 0) is 30.7 Å². The Hall–Kier alpha value is -0.650. The second kappa shape index (κ2) is 7.22. The number of nitrogens with zero attached hydrogens (tertiary/aromatic N) is 1. The summed E-state index contributed by atoms with van der Waals surface area (Å²) in [7, 11) is 0. The van der Waals surface area contributed by atoms with Crippen LogP contribution in [-0.2, 0) is 12.2 Å². The van der Waals surface area contributed by atoms with E-state index in [9.17, 15) is 0 Å². The van der Waals surface area contributed by atoms with Crippen LogP contribution in [0.1, 0.15) is 24.9 Å². The van der Waals surface area contributed by atoms with Crippen molar-refractivity contribution in [1.29, 1.82) is 0 Å². The van der Waals surface area contributed by atoms with Crippen LogP contribution in [0, 0.1) is 4.64 Å². The second-order valence-corrected chi connectivity index (χ2v) is 6.57. The highest BCUT2D eigenvalue weighted by molar-refractivity contribution is 9.10. The summed E-state index contributed by atoms with van der Waals surface area (Å²) in [5.74, 6) is 1.75. The summed E-state index contributed by atoms with van der Waals surface area (Å²) >= 11 is 10.4. The van der Waals surface area contributed by atoms with Crippen LogP contribution < -0.4 is 0 Å². The predicted molar refractivity (Wildman–Crippen MR) is 87.1 cm³/mol. The monoisotopic (exact) mass is 354 g/mol. The molecule has 0 saturated heterocycles. The third-order valence-electron chi connectivity index (χ3n) is 2.54. The number of H-pyrrole nitrogens is 1. The zero-order valence-corrected chi connectivity index (χ0v) is 13.9. The molecule has 1 N–H and O–H groups in total. The minimum absolute atomic E-state index is 0.673. The van der Waals surface area contributed by atoms with Crippen LogP contribution in [-0.4, -0.2) is 9.97 Å². The van der Waals surface area contributed by atoms with E-state index in [0.717, 1.165) is 28.9 Å². The van der Waals surface area contributed by atoms with Crippen LogP contribution >= 0.6 is 39.9 Å². The van der Waals surface area contributed by atoms with Gasteiger partial charge in [-0.15, -0.1) is 11.8 Å². The molecular weight excluding hydrogens is 340 g/mol. The Morgan fingerprint density at radius 3 is 2.95 bits per heavy atom. The Kier molecular flexibility index (Phi) is 5.60. The average molecular weight is 355 g/mol. The van der Waals surface area contributed by atoms with Crippen molar-refractivity contribution >= 4 is 39.9 Å². The van der Waals surface area contributed by atoms with E-state index in [-0.39, 0.29) is 0 Å². The van der Waals surface area contributed by atoms with Gasteiger partial charge in [-0.3, -0.25) is 0 Å². The molecule has 5 heteroatoms. The number of aryl methyl sites for hydroxylation is 1. The molecule has 0 atom stereocenters. The van der Waals surface area contributed by atoms with E-state index in [1.54, 1.807) is 11.8 Å². The molecule has 0 spiro atoms. The molecule has 0 amide bonds. The fraction of sp³-hybridized carbons (Fsp3) is 0.286. The van der Waals surface area contributed by atoms with Crippen molar-refractivity contribution in [3.8, 4) is 0 Å². The Labute approximate surface area is 131 Å². The number of benzene rings is 1. The summed E-state index contributed by atoms with van der Waals surface area (Å²) in [6, 6.07) is 10.2. The third-order valence-corrected chi connectivity index (χ3v) is 4.25. The Bertz CT molecular complexity index is 610. The van der Waals surface area contributed by atoms with Gasteiger partial charge >= 0.3 is 0 Å². The second-order valence-electron chi connectivity index (χ2n) is 4.19. The maximum absolute atomic E-state index is 5.21. The molecule has 0 aliphatic heterocycles. The fourth-order valence-electron chi connectivity index (χ4n) is 1.74. The zero-order valence-electron chi connectivity index (χ0n) is 10.6. The van der Waals surface area contributed by atoms with E-state index in [0.29, 0.717) is 4.64 Å². The molecule has 2 nitrogen and oxygen atoms in total. The van der Waals surface area contributed by atoms with Crippen molar-refractivity contribution in [2.75, 3.05) is 0 Å². The minimum Gasteiger partial charge on any atom is -0.346 e. The summed E-state index contributed by atoms with van der Waals surface area (Å²) in [6.07, 6.45) is 2.12.